The van der Waals surface area contributed by atoms with Crippen molar-refractivity contribution in [2.45, 2.75) is 18.9 Å². The number of pyridine rings is 1. The monoisotopic (exact) mass is 422 g/mol. The summed E-state index contributed by atoms with van der Waals surface area (Å²) in [6.07, 6.45) is 4.08. The van der Waals surface area contributed by atoms with E-state index in [1.165, 1.54) is 24.3 Å². The van der Waals surface area contributed by atoms with Crippen LogP contribution in [0.4, 0.5) is 20.2 Å². The molecule has 1 saturated heterocycles. The van der Waals surface area contributed by atoms with E-state index >= 15 is 0 Å². The molecule has 1 aliphatic heterocycles. The lowest BCUT2D eigenvalue weighted by molar-refractivity contribution is 0.214. The number of nitrogen functional groups attached to an aromatic ring is 1. The van der Waals surface area contributed by atoms with Crippen LogP contribution in [0.5, 0.6) is 0 Å². The summed E-state index contributed by atoms with van der Waals surface area (Å²) in [5, 5.41) is 0.853. The van der Waals surface area contributed by atoms with Crippen LogP contribution in [0, 0.1) is 11.6 Å². The highest BCUT2D eigenvalue weighted by atomic mass is 19.1. The minimum Gasteiger partial charge on any atom is -0.398 e. The van der Waals surface area contributed by atoms with E-state index in [9.17, 15) is 13.6 Å². The fraction of sp³-hybridized carbons (Fsp3) is 0.292. The number of anilines is 2. The molecule has 1 aliphatic carbocycles. The third kappa shape index (κ3) is 3.81. The van der Waals surface area contributed by atoms with E-state index in [2.05, 4.69) is 20.9 Å². The number of halogens is 2. The number of nitrogens with one attached hydrogen (secondary N) is 1. The van der Waals surface area contributed by atoms with Gasteiger partial charge in [-0.15, -0.1) is 0 Å². The lowest BCUT2D eigenvalue weighted by Crippen LogP contribution is -2.49. The van der Waals surface area contributed by atoms with Gasteiger partial charge in [0.1, 0.15) is 11.6 Å². The lowest BCUT2D eigenvalue weighted by Gasteiger charge is -2.38. The number of nitrogens with zero attached hydrogens (tertiary/aromatic N) is 2. The number of fused-ring (bicyclic) bond motifs is 1. The van der Waals surface area contributed by atoms with E-state index in [-0.39, 0.29) is 22.5 Å². The van der Waals surface area contributed by atoms with E-state index in [4.69, 9.17) is 5.73 Å². The third-order valence-electron chi connectivity index (χ3n) is 6.38. The van der Waals surface area contributed by atoms with Crippen molar-refractivity contribution in [3.05, 3.63) is 76.2 Å². The number of piperazine rings is 1. The maximum absolute atomic E-state index is 13.6. The zero-order valence-electron chi connectivity index (χ0n) is 17.1. The van der Waals surface area contributed by atoms with Gasteiger partial charge in [0.15, 0.2) is 0 Å². The molecular weight excluding hydrogens is 398 g/mol. The average Bonchev–Trinajstić information content (AvgIpc) is 3.25. The van der Waals surface area contributed by atoms with E-state index in [1.807, 2.05) is 18.2 Å². The molecule has 2 aromatic carbocycles. The first-order valence-corrected chi connectivity index (χ1v) is 10.6. The maximum atomic E-state index is 13.6. The van der Waals surface area contributed by atoms with Crippen molar-refractivity contribution in [2.24, 2.45) is 0 Å². The molecule has 0 saturated carbocycles. The number of allylic oxidation sites excluding steroid dienone is 1. The van der Waals surface area contributed by atoms with Crippen LogP contribution in [0.2, 0.25) is 0 Å². The van der Waals surface area contributed by atoms with Crippen molar-refractivity contribution in [3.8, 4) is 0 Å². The fourth-order valence-corrected chi connectivity index (χ4v) is 4.71. The summed E-state index contributed by atoms with van der Waals surface area (Å²) in [5.74, 6) is -0.729. The fourth-order valence-electron chi connectivity index (χ4n) is 4.71. The Balaban J connectivity index is 1.32. The Kier molecular flexibility index (Phi) is 4.98. The van der Waals surface area contributed by atoms with Gasteiger partial charge >= 0.3 is 0 Å². The molecule has 1 unspecified atom stereocenters. The number of aromatic amines is 1. The van der Waals surface area contributed by atoms with Gasteiger partial charge < -0.3 is 15.6 Å². The standard InChI is InChI=1S/C24H24F2N4O/c25-16-2-5-18(6-3-16)29-7-9-30(10-8-29)19-4-1-15(11-19)23-14-20-21(24(31)28-23)12-17(26)13-22(20)27/h2-3,5-6,11-14,19H,1,4,7-10,27H2,(H,28,31). The van der Waals surface area contributed by atoms with Crippen molar-refractivity contribution < 1.29 is 8.78 Å². The topological polar surface area (TPSA) is 65.4 Å². The second-order valence-electron chi connectivity index (χ2n) is 8.27. The van der Waals surface area contributed by atoms with Crippen LogP contribution in [-0.2, 0) is 0 Å². The van der Waals surface area contributed by atoms with Crippen LogP contribution in [-0.4, -0.2) is 42.1 Å². The zero-order valence-corrected chi connectivity index (χ0v) is 17.1. The molecule has 1 aromatic heterocycles. The van der Waals surface area contributed by atoms with Gasteiger partial charge in [0.25, 0.3) is 5.56 Å². The SMILES string of the molecule is Nc1cc(F)cc2c(=O)[nH]c(C3=CC(N4CCN(c5ccc(F)cc5)CC4)CC3)cc12. The number of aromatic nitrogens is 1. The largest absolute Gasteiger partial charge is 0.398 e. The normalized spacial score (nSPS) is 19.7. The van der Waals surface area contributed by atoms with Crippen LogP contribution >= 0.6 is 0 Å². The molecule has 31 heavy (non-hydrogen) atoms. The first-order chi connectivity index (χ1) is 15.0. The molecule has 160 valence electrons. The highest BCUT2D eigenvalue weighted by molar-refractivity contribution is 5.94. The molecule has 5 rings (SSSR count). The van der Waals surface area contributed by atoms with Crippen molar-refractivity contribution in [1.82, 2.24) is 9.88 Å². The summed E-state index contributed by atoms with van der Waals surface area (Å²) in [4.78, 5) is 20.1. The molecule has 0 bridgehead atoms. The third-order valence-corrected chi connectivity index (χ3v) is 6.38. The predicted octanol–water partition coefficient (Wildman–Crippen LogP) is 3.76. The van der Waals surface area contributed by atoms with Gasteiger partial charge in [-0.25, -0.2) is 8.78 Å². The van der Waals surface area contributed by atoms with Gasteiger partial charge in [-0.1, -0.05) is 6.08 Å². The summed E-state index contributed by atoms with van der Waals surface area (Å²) in [6, 6.07) is 11.3. The van der Waals surface area contributed by atoms with E-state index in [1.54, 1.807) is 0 Å². The second-order valence-corrected chi connectivity index (χ2v) is 8.27. The van der Waals surface area contributed by atoms with Crippen molar-refractivity contribution in [3.63, 3.8) is 0 Å². The number of rotatable bonds is 3. The Morgan fingerprint density at radius 2 is 1.68 bits per heavy atom. The summed E-state index contributed by atoms with van der Waals surface area (Å²) >= 11 is 0. The van der Waals surface area contributed by atoms with E-state index in [0.717, 1.165) is 56.0 Å². The second kappa shape index (κ2) is 7.81. The molecule has 7 heteroatoms. The molecule has 1 atom stereocenters. The smallest absolute Gasteiger partial charge is 0.256 e. The van der Waals surface area contributed by atoms with Crippen LogP contribution in [0.1, 0.15) is 18.5 Å². The Bertz CT molecular complexity index is 1210. The van der Waals surface area contributed by atoms with Crippen LogP contribution < -0.4 is 16.2 Å². The molecular formula is C24H24F2N4O. The Morgan fingerprint density at radius 3 is 2.42 bits per heavy atom. The Hall–Kier alpha value is -3.19. The molecule has 2 heterocycles. The van der Waals surface area contributed by atoms with Gasteiger partial charge in [-0.3, -0.25) is 9.69 Å². The number of hydrogen-bond donors (Lipinski definition) is 2. The van der Waals surface area contributed by atoms with E-state index in [0.29, 0.717) is 11.4 Å². The lowest BCUT2D eigenvalue weighted by atomic mass is 10.1. The molecule has 0 radical (unpaired) electrons. The minimum absolute atomic E-state index is 0.218. The maximum Gasteiger partial charge on any atom is 0.256 e. The number of nitrogens with two attached hydrogens (primary N) is 1. The molecule has 2 aliphatic rings. The minimum atomic E-state index is -0.511. The molecule has 0 amide bonds. The van der Waals surface area contributed by atoms with Gasteiger partial charge in [0, 0.05) is 54.7 Å². The molecule has 3 N–H and O–H groups in total. The summed E-state index contributed by atoms with van der Waals surface area (Å²) in [5.41, 5.74) is 8.80. The highest BCUT2D eigenvalue weighted by Gasteiger charge is 2.27. The number of hydrogen-bond acceptors (Lipinski definition) is 4. The zero-order chi connectivity index (χ0) is 21.5. The van der Waals surface area contributed by atoms with Crippen LogP contribution in [0.3, 0.4) is 0 Å². The Labute approximate surface area is 178 Å². The highest BCUT2D eigenvalue weighted by Crippen LogP contribution is 2.32. The average molecular weight is 422 g/mol. The van der Waals surface area contributed by atoms with Gasteiger partial charge in [-0.2, -0.15) is 0 Å². The summed E-state index contributed by atoms with van der Waals surface area (Å²) in [6.45, 7) is 3.62. The molecule has 0 spiro atoms. The van der Waals surface area contributed by atoms with Gasteiger partial charge in [0.2, 0.25) is 0 Å². The van der Waals surface area contributed by atoms with Crippen LogP contribution in [0.25, 0.3) is 16.3 Å². The summed E-state index contributed by atoms with van der Waals surface area (Å²) in [7, 11) is 0. The van der Waals surface area contributed by atoms with Gasteiger partial charge in [-0.05, 0) is 60.9 Å². The summed E-state index contributed by atoms with van der Waals surface area (Å²) < 4.78 is 26.8. The van der Waals surface area contributed by atoms with Crippen molar-refractivity contribution in [2.75, 3.05) is 36.8 Å². The van der Waals surface area contributed by atoms with Crippen LogP contribution in [0.15, 0.2) is 53.3 Å². The first kappa shape index (κ1) is 19.8. The van der Waals surface area contributed by atoms with Crippen molar-refractivity contribution in [1.29, 1.82) is 0 Å². The quantitative estimate of drug-likeness (QED) is 0.631. The van der Waals surface area contributed by atoms with E-state index < -0.39 is 5.82 Å². The number of H-pyrrole nitrogens is 1. The molecule has 1 fully saturated rings. The Morgan fingerprint density at radius 1 is 0.935 bits per heavy atom. The molecule has 3 aromatic rings. The first-order valence-electron chi connectivity index (χ1n) is 10.6. The van der Waals surface area contributed by atoms with Crippen molar-refractivity contribution >= 4 is 27.7 Å². The number of benzene rings is 2. The molecule has 5 nitrogen and oxygen atoms in total. The predicted molar refractivity (Wildman–Crippen MR) is 120 cm³/mol. The van der Waals surface area contributed by atoms with Gasteiger partial charge in [0.05, 0.1) is 5.39 Å².